The van der Waals surface area contributed by atoms with Crippen LogP contribution in [0.3, 0.4) is 0 Å². The standard InChI is InChI=1S/C25H45N5O8Si/c1-14(31)18(20(26)32)27-21(33)16-8-10-29(12-16)22(34)17-9-11-30(13-17)23(35)19(28-24(36)37)15(2)38-39(6,7)25(3,4)5/h14-19,28,31H,8-13H2,1-7H3,(H2,26,32)(H,27,33)(H,36,37)/t14-,15-,16+,17-,18+,19+/m1/s1. The lowest BCUT2D eigenvalue weighted by molar-refractivity contribution is -0.136. The lowest BCUT2D eigenvalue weighted by Crippen LogP contribution is -2.57. The van der Waals surface area contributed by atoms with E-state index < -0.39 is 68.3 Å². The Morgan fingerprint density at radius 2 is 1.49 bits per heavy atom. The quantitative estimate of drug-likeness (QED) is 0.228. The lowest BCUT2D eigenvalue weighted by Gasteiger charge is -2.40. The van der Waals surface area contributed by atoms with Gasteiger partial charge in [-0.15, -0.1) is 0 Å². The van der Waals surface area contributed by atoms with E-state index in [1.54, 1.807) is 11.8 Å². The summed E-state index contributed by atoms with van der Waals surface area (Å²) in [5.41, 5.74) is 5.24. The van der Waals surface area contributed by atoms with Gasteiger partial charge in [0.15, 0.2) is 8.32 Å². The summed E-state index contributed by atoms with van der Waals surface area (Å²) in [5, 5.41) is 23.7. The minimum Gasteiger partial charge on any atom is -0.465 e. The second-order valence-electron chi connectivity index (χ2n) is 12.2. The number of rotatable bonds is 10. The highest BCUT2D eigenvalue weighted by Crippen LogP contribution is 2.37. The molecular weight excluding hydrogens is 526 g/mol. The molecule has 14 heteroatoms. The topological polar surface area (TPSA) is 192 Å². The molecule has 6 N–H and O–H groups in total. The first kappa shape index (κ1) is 32.5. The number of nitrogens with two attached hydrogens (primary N) is 1. The van der Waals surface area contributed by atoms with E-state index >= 15 is 0 Å². The molecule has 2 aliphatic heterocycles. The number of nitrogens with one attached hydrogen (secondary N) is 2. The fourth-order valence-electron chi connectivity index (χ4n) is 4.71. The van der Waals surface area contributed by atoms with E-state index in [1.807, 2.05) is 13.1 Å². The SMILES string of the molecule is C[C@@H](O)[C@H](NC(=O)[C@H]1CCN(C(=O)[C@@H]2CCN(C(=O)[C@@H](NC(=O)O)[C@@H](C)O[Si](C)(C)C(C)(C)C)C2)C1)C(N)=O. The smallest absolute Gasteiger partial charge is 0.405 e. The Morgan fingerprint density at radius 1 is 0.949 bits per heavy atom. The van der Waals surface area contributed by atoms with Gasteiger partial charge in [-0.1, -0.05) is 20.8 Å². The monoisotopic (exact) mass is 571 g/mol. The Bertz CT molecular complexity index is 953. The number of primary amides is 1. The molecule has 222 valence electrons. The van der Waals surface area contributed by atoms with E-state index in [-0.39, 0.29) is 24.0 Å². The molecule has 2 aliphatic rings. The molecule has 0 saturated carbocycles. The molecule has 0 aromatic rings. The third-order valence-electron chi connectivity index (χ3n) is 8.11. The van der Waals surface area contributed by atoms with Crippen LogP contribution in [0.1, 0.15) is 47.5 Å². The zero-order chi connectivity index (χ0) is 29.9. The molecule has 6 atom stereocenters. The van der Waals surface area contributed by atoms with Gasteiger partial charge in [-0.3, -0.25) is 19.2 Å². The third kappa shape index (κ3) is 8.14. The van der Waals surface area contributed by atoms with E-state index in [9.17, 15) is 34.2 Å². The van der Waals surface area contributed by atoms with Crippen molar-refractivity contribution in [3.63, 3.8) is 0 Å². The van der Waals surface area contributed by atoms with Gasteiger partial charge in [0.05, 0.1) is 24.0 Å². The maximum atomic E-state index is 13.4. The molecule has 5 amide bonds. The van der Waals surface area contributed by atoms with Crippen molar-refractivity contribution in [1.29, 1.82) is 0 Å². The van der Waals surface area contributed by atoms with Gasteiger partial charge in [0, 0.05) is 26.2 Å². The van der Waals surface area contributed by atoms with Crippen molar-refractivity contribution < 1.29 is 38.6 Å². The molecule has 39 heavy (non-hydrogen) atoms. The van der Waals surface area contributed by atoms with Crippen molar-refractivity contribution in [3.05, 3.63) is 0 Å². The van der Waals surface area contributed by atoms with Crippen LogP contribution in [-0.4, -0.2) is 109 Å². The van der Waals surface area contributed by atoms with Crippen molar-refractivity contribution in [1.82, 2.24) is 20.4 Å². The average Bonchev–Trinajstić information content (AvgIpc) is 3.48. The number of aliphatic hydroxyl groups excluding tert-OH is 1. The summed E-state index contributed by atoms with van der Waals surface area (Å²) in [7, 11) is -2.29. The van der Waals surface area contributed by atoms with Gasteiger partial charge in [0.25, 0.3) is 0 Å². The second kappa shape index (κ2) is 12.6. The van der Waals surface area contributed by atoms with Crippen molar-refractivity contribution in [3.8, 4) is 0 Å². The highest BCUT2D eigenvalue weighted by molar-refractivity contribution is 6.74. The summed E-state index contributed by atoms with van der Waals surface area (Å²) < 4.78 is 6.30. The molecule has 2 fully saturated rings. The number of carbonyl (C=O) groups is 5. The fraction of sp³-hybridized carbons (Fsp3) is 0.800. The predicted molar refractivity (Wildman–Crippen MR) is 145 cm³/mol. The zero-order valence-corrected chi connectivity index (χ0v) is 25.0. The molecule has 2 saturated heterocycles. The minimum absolute atomic E-state index is 0.134. The Kier molecular flexibility index (Phi) is 10.5. The number of carbonyl (C=O) groups excluding carboxylic acids is 4. The van der Waals surface area contributed by atoms with Gasteiger partial charge in [-0.05, 0) is 44.8 Å². The van der Waals surface area contributed by atoms with Gasteiger partial charge < -0.3 is 40.8 Å². The number of amides is 5. The van der Waals surface area contributed by atoms with Crippen LogP contribution in [0.4, 0.5) is 4.79 Å². The molecule has 0 aromatic heterocycles. The van der Waals surface area contributed by atoms with Gasteiger partial charge in [0.2, 0.25) is 23.6 Å². The Labute approximate surface area is 230 Å². The van der Waals surface area contributed by atoms with E-state index in [2.05, 4.69) is 31.4 Å². The van der Waals surface area contributed by atoms with Crippen LogP contribution in [0, 0.1) is 11.8 Å². The molecule has 0 radical (unpaired) electrons. The average molecular weight is 572 g/mol. The second-order valence-corrected chi connectivity index (χ2v) is 16.9. The molecule has 0 unspecified atom stereocenters. The molecular formula is C25H45N5O8Si. The molecule has 2 heterocycles. The van der Waals surface area contributed by atoms with Crippen molar-refractivity contribution in [2.24, 2.45) is 17.6 Å². The molecule has 13 nitrogen and oxygen atoms in total. The molecule has 2 rings (SSSR count). The van der Waals surface area contributed by atoms with E-state index in [1.165, 1.54) is 11.8 Å². The summed E-state index contributed by atoms with van der Waals surface area (Å²) in [6, 6.07) is -2.33. The van der Waals surface area contributed by atoms with Gasteiger partial charge in [-0.25, -0.2) is 4.79 Å². The van der Waals surface area contributed by atoms with Crippen LogP contribution in [0.5, 0.6) is 0 Å². The van der Waals surface area contributed by atoms with Crippen LogP contribution in [0.25, 0.3) is 0 Å². The molecule has 0 spiro atoms. The van der Waals surface area contributed by atoms with Crippen molar-refractivity contribution in [2.75, 3.05) is 26.2 Å². The van der Waals surface area contributed by atoms with Crippen LogP contribution in [0.2, 0.25) is 18.1 Å². The van der Waals surface area contributed by atoms with Crippen LogP contribution < -0.4 is 16.4 Å². The van der Waals surface area contributed by atoms with E-state index in [4.69, 9.17) is 10.2 Å². The zero-order valence-electron chi connectivity index (χ0n) is 24.0. The number of nitrogens with zero attached hydrogens (tertiary/aromatic N) is 2. The largest absolute Gasteiger partial charge is 0.465 e. The summed E-state index contributed by atoms with van der Waals surface area (Å²) in [6.07, 6.45) is -2.37. The predicted octanol–water partition coefficient (Wildman–Crippen LogP) is 0.0808. The summed E-state index contributed by atoms with van der Waals surface area (Å²) in [5.74, 6) is -2.96. The van der Waals surface area contributed by atoms with Crippen LogP contribution >= 0.6 is 0 Å². The van der Waals surface area contributed by atoms with Crippen LogP contribution in [-0.2, 0) is 23.6 Å². The minimum atomic E-state index is -2.29. The third-order valence-corrected chi connectivity index (χ3v) is 12.7. The maximum absolute atomic E-state index is 13.4. The number of aliphatic hydroxyl groups is 1. The summed E-state index contributed by atoms with van der Waals surface area (Å²) in [6.45, 7) is 14.2. The van der Waals surface area contributed by atoms with Gasteiger partial charge >= 0.3 is 6.09 Å². The van der Waals surface area contributed by atoms with E-state index in [0.29, 0.717) is 25.9 Å². The van der Waals surface area contributed by atoms with Crippen LogP contribution in [0.15, 0.2) is 0 Å². The Balaban J connectivity index is 2.01. The first-order valence-corrected chi connectivity index (χ1v) is 16.3. The summed E-state index contributed by atoms with van der Waals surface area (Å²) >= 11 is 0. The number of hydrogen-bond donors (Lipinski definition) is 5. The first-order chi connectivity index (χ1) is 17.9. The van der Waals surface area contributed by atoms with Crippen molar-refractivity contribution in [2.45, 2.75) is 89.9 Å². The van der Waals surface area contributed by atoms with Gasteiger partial charge in [-0.2, -0.15) is 0 Å². The maximum Gasteiger partial charge on any atom is 0.405 e. The molecule has 0 bridgehead atoms. The lowest BCUT2D eigenvalue weighted by atomic mass is 10.1. The number of likely N-dealkylation sites (tertiary alicyclic amines) is 2. The highest BCUT2D eigenvalue weighted by atomic mass is 28.4. The first-order valence-electron chi connectivity index (χ1n) is 13.4. The number of carboxylic acid groups (broad SMARTS) is 1. The summed E-state index contributed by atoms with van der Waals surface area (Å²) in [4.78, 5) is 65.3. The van der Waals surface area contributed by atoms with Crippen molar-refractivity contribution >= 4 is 38.0 Å². The highest BCUT2D eigenvalue weighted by Gasteiger charge is 2.44. The van der Waals surface area contributed by atoms with Gasteiger partial charge in [0.1, 0.15) is 12.1 Å². The molecule has 0 aliphatic carbocycles. The number of hydrogen-bond acceptors (Lipinski definition) is 7. The normalized spacial score (nSPS) is 23.1. The fourth-order valence-corrected chi connectivity index (χ4v) is 6.13. The van der Waals surface area contributed by atoms with E-state index in [0.717, 1.165) is 0 Å². The Morgan fingerprint density at radius 3 is 2.00 bits per heavy atom. The Hall–Kier alpha value is -2.71. The molecule has 0 aromatic carbocycles.